The Morgan fingerprint density at radius 1 is 0.800 bits per heavy atom. The van der Waals surface area contributed by atoms with Crippen LogP contribution in [0.2, 0.25) is 0 Å². The van der Waals surface area contributed by atoms with Gasteiger partial charge in [0.2, 0.25) is 6.79 Å². The van der Waals surface area contributed by atoms with E-state index in [-0.39, 0.29) is 18.1 Å². The lowest BCUT2D eigenvalue weighted by atomic mass is 9.75. The van der Waals surface area contributed by atoms with Crippen LogP contribution in [0.4, 0.5) is 0 Å². The summed E-state index contributed by atoms with van der Waals surface area (Å²) in [5.41, 5.74) is 5.05. The maximum atomic E-state index is 5.99. The van der Waals surface area contributed by atoms with E-state index in [1.807, 2.05) is 0 Å². The third-order valence-corrected chi connectivity index (χ3v) is 5.70. The van der Waals surface area contributed by atoms with Gasteiger partial charge in [-0.2, -0.15) is 0 Å². The lowest BCUT2D eigenvalue weighted by Gasteiger charge is -2.34. The minimum Gasteiger partial charge on any atom is -0.493 e. The van der Waals surface area contributed by atoms with Crippen molar-refractivity contribution in [2.45, 2.75) is 31.0 Å². The van der Waals surface area contributed by atoms with E-state index in [4.69, 9.17) is 23.7 Å². The highest BCUT2D eigenvalue weighted by atomic mass is 16.7. The van der Waals surface area contributed by atoms with E-state index >= 15 is 0 Å². The predicted molar refractivity (Wildman–Crippen MR) is 88.4 cm³/mol. The smallest absolute Gasteiger partial charge is 0.231 e. The Kier molecular flexibility index (Phi) is 2.87. The first kappa shape index (κ1) is 14.0. The van der Waals surface area contributed by atoms with Crippen LogP contribution in [-0.4, -0.2) is 32.4 Å². The number of hydrogen-bond donors (Lipinski definition) is 0. The largest absolute Gasteiger partial charge is 0.493 e. The second-order valence-electron chi connectivity index (χ2n) is 7.01. The molecule has 0 bridgehead atoms. The van der Waals surface area contributed by atoms with Gasteiger partial charge >= 0.3 is 0 Å². The Bertz CT molecular complexity index is 861. The van der Waals surface area contributed by atoms with Crippen LogP contribution < -0.4 is 14.2 Å². The van der Waals surface area contributed by atoms with E-state index in [1.165, 1.54) is 22.3 Å². The van der Waals surface area contributed by atoms with Gasteiger partial charge < -0.3 is 23.7 Å². The summed E-state index contributed by atoms with van der Waals surface area (Å²) in [4.78, 5) is 0. The van der Waals surface area contributed by atoms with Crippen molar-refractivity contribution in [2.75, 3.05) is 20.2 Å². The first-order valence-corrected chi connectivity index (χ1v) is 8.78. The van der Waals surface area contributed by atoms with Gasteiger partial charge in [0.25, 0.3) is 0 Å². The van der Waals surface area contributed by atoms with Gasteiger partial charge in [-0.3, -0.25) is 0 Å². The molecule has 4 aliphatic rings. The van der Waals surface area contributed by atoms with Gasteiger partial charge in [0.05, 0.1) is 18.8 Å². The first-order chi connectivity index (χ1) is 12.4. The number of fused-ring (bicyclic) bond motifs is 4. The Morgan fingerprint density at radius 2 is 1.72 bits per heavy atom. The van der Waals surface area contributed by atoms with Gasteiger partial charge in [-0.15, -0.1) is 0 Å². The molecule has 2 aromatic rings. The molecular formula is C20H18O5. The summed E-state index contributed by atoms with van der Waals surface area (Å²) < 4.78 is 28.7. The highest BCUT2D eigenvalue weighted by Gasteiger charge is 2.43. The number of hydrogen-bond acceptors (Lipinski definition) is 5. The molecule has 3 unspecified atom stereocenters. The number of ether oxygens (including phenoxy) is 5. The Labute approximate surface area is 145 Å². The molecule has 0 aromatic heterocycles. The molecule has 6 rings (SSSR count). The van der Waals surface area contributed by atoms with Crippen LogP contribution in [0.25, 0.3) is 0 Å². The quantitative estimate of drug-likeness (QED) is 0.800. The maximum Gasteiger partial charge on any atom is 0.231 e. The summed E-state index contributed by atoms with van der Waals surface area (Å²) in [7, 11) is 0. The highest BCUT2D eigenvalue weighted by Crippen LogP contribution is 2.47. The normalized spacial score (nSPS) is 28.2. The average Bonchev–Trinajstić information content (AvgIpc) is 3.36. The lowest BCUT2D eigenvalue weighted by molar-refractivity contribution is 0.0378. The van der Waals surface area contributed by atoms with Crippen molar-refractivity contribution in [1.82, 2.24) is 0 Å². The van der Waals surface area contributed by atoms with E-state index in [0.717, 1.165) is 36.7 Å². The zero-order valence-electron chi connectivity index (χ0n) is 13.7. The van der Waals surface area contributed by atoms with Crippen molar-refractivity contribution >= 4 is 0 Å². The van der Waals surface area contributed by atoms with Crippen molar-refractivity contribution in [3.05, 3.63) is 52.6 Å². The van der Waals surface area contributed by atoms with Gasteiger partial charge in [-0.25, -0.2) is 0 Å². The second-order valence-corrected chi connectivity index (χ2v) is 7.01. The Balaban J connectivity index is 1.52. The van der Waals surface area contributed by atoms with Gasteiger partial charge in [-0.1, -0.05) is 12.1 Å². The topological polar surface area (TPSA) is 46.2 Å². The van der Waals surface area contributed by atoms with E-state index < -0.39 is 0 Å². The fourth-order valence-electron chi connectivity index (χ4n) is 4.52. The van der Waals surface area contributed by atoms with Crippen LogP contribution >= 0.6 is 0 Å². The van der Waals surface area contributed by atoms with E-state index in [9.17, 15) is 0 Å². The molecule has 1 aliphatic carbocycles. The summed E-state index contributed by atoms with van der Waals surface area (Å²) in [5.74, 6) is 2.80. The molecule has 5 nitrogen and oxygen atoms in total. The maximum absolute atomic E-state index is 5.99. The number of benzene rings is 2. The summed E-state index contributed by atoms with van der Waals surface area (Å²) in [6, 6.07) is 10.8. The van der Waals surface area contributed by atoms with Crippen molar-refractivity contribution in [3.8, 4) is 17.2 Å². The molecule has 1 saturated heterocycles. The SMILES string of the molecule is c1cc2c(cc1C1c3cc4c(cc3CC3OCOC31)OCO4)CCO2. The number of rotatable bonds is 1. The van der Waals surface area contributed by atoms with Crippen molar-refractivity contribution in [3.63, 3.8) is 0 Å². The van der Waals surface area contributed by atoms with E-state index in [0.29, 0.717) is 13.6 Å². The fraction of sp³-hybridized carbons (Fsp3) is 0.400. The van der Waals surface area contributed by atoms with Crippen LogP contribution in [0.15, 0.2) is 30.3 Å². The standard InChI is InChI=1S/C20H18O5/c1-2-15-11(3-4-21-15)5-12(1)19-14-8-17-16(22-9-23-17)6-13(14)7-18-20(19)25-10-24-18/h1-2,5-6,8,18-20H,3-4,7,9-10H2. The summed E-state index contributed by atoms with van der Waals surface area (Å²) in [5, 5.41) is 0. The molecule has 5 heteroatoms. The van der Waals surface area contributed by atoms with Gasteiger partial charge in [0.15, 0.2) is 11.5 Å². The van der Waals surface area contributed by atoms with Crippen molar-refractivity contribution in [1.29, 1.82) is 0 Å². The van der Waals surface area contributed by atoms with Crippen LogP contribution in [-0.2, 0) is 22.3 Å². The average molecular weight is 338 g/mol. The molecule has 2 aromatic carbocycles. The van der Waals surface area contributed by atoms with E-state index in [2.05, 4.69) is 30.3 Å². The Hall–Kier alpha value is -2.24. The molecule has 25 heavy (non-hydrogen) atoms. The molecular weight excluding hydrogens is 320 g/mol. The molecule has 0 saturated carbocycles. The lowest BCUT2D eigenvalue weighted by Crippen LogP contribution is -2.36. The fourth-order valence-corrected chi connectivity index (χ4v) is 4.52. The molecule has 0 N–H and O–H groups in total. The second kappa shape index (κ2) is 5.13. The van der Waals surface area contributed by atoms with Crippen LogP contribution in [0.3, 0.4) is 0 Å². The molecule has 0 radical (unpaired) electrons. The van der Waals surface area contributed by atoms with Crippen LogP contribution in [0.5, 0.6) is 17.2 Å². The van der Waals surface area contributed by atoms with Crippen LogP contribution in [0.1, 0.15) is 28.2 Å². The monoisotopic (exact) mass is 338 g/mol. The van der Waals surface area contributed by atoms with Crippen molar-refractivity contribution in [2.24, 2.45) is 0 Å². The van der Waals surface area contributed by atoms with Crippen LogP contribution in [0, 0.1) is 0 Å². The minimum atomic E-state index is 0.0354. The molecule has 3 atom stereocenters. The molecule has 3 heterocycles. The van der Waals surface area contributed by atoms with E-state index in [1.54, 1.807) is 0 Å². The predicted octanol–water partition coefficient (Wildman–Crippen LogP) is 2.78. The minimum absolute atomic E-state index is 0.0354. The summed E-state index contributed by atoms with van der Waals surface area (Å²) >= 11 is 0. The first-order valence-electron chi connectivity index (χ1n) is 8.78. The Morgan fingerprint density at radius 3 is 2.68 bits per heavy atom. The highest BCUT2D eigenvalue weighted by molar-refractivity contribution is 5.55. The molecule has 0 spiro atoms. The van der Waals surface area contributed by atoms with Gasteiger partial charge in [-0.05, 0) is 40.5 Å². The van der Waals surface area contributed by atoms with Crippen molar-refractivity contribution < 1.29 is 23.7 Å². The third kappa shape index (κ3) is 2.03. The summed E-state index contributed by atoms with van der Waals surface area (Å²) in [6.07, 6.45) is 1.94. The molecule has 128 valence electrons. The third-order valence-electron chi connectivity index (χ3n) is 5.70. The van der Waals surface area contributed by atoms with Gasteiger partial charge in [0, 0.05) is 18.8 Å². The molecule has 1 fully saturated rings. The summed E-state index contributed by atoms with van der Waals surface area (Å²) in [6.45, 7) is 1.42. The zero-order chi connectivity index (χ0) is 16.4. The zero-order valence-corrected chi connectivity index (χ0v) is 13.7. The molecule has 0 amide bonds. The van der Waals surface area contributed by atoms with Gasteiger partial charge in [0.1, 0.15) is 12.5 Å². The molecule has 3 aliphatic heterocycles.